The highest BCUT2D eigenvalue weighted by atomic mass is 35.5. The van der Waals surface area contributed by atoms with Gasteiger partial charge in [-0.2, -0.15) is 0 Å². The largest absolute Gasteiger partial charge is 0.297 e. The maximum Gasteiger partial charge on any atom is 0.161 e. The summed E-state index contributed by atoms with van der Waals surface area (Å²) in [6, 6.07) is 11.2. The van der Waals surface area contributed by atoms with Crippen LogP contribution in [0.2, 0.25) is 15.1 Å². The lowest BCUT2D eigenvalue weighted by atomic mass is 10.2. The zero-order chi connectivity index (χ0) is 15.0. The Morgan fingerprint density at radius 1 is 1.00 bits per heavy atom. The van der Waals surface area contributed by atoms with Gasteiger partial charge in [-0.15, -0.1) is 11.3 Å². The molecule has 0 N–H and O–H groups in total. The van der Waals surface area contributed by atoms with Crippen LogP contribution >= 0.6 is 57.9 Å². The molecule has 1 heterocycles. The molecule has 0 saturated carbocycles. The summed E-state index contributed by atoms with van der Waals surface area (Å²) in [5, 5.41) is 2.41. The van der Waals surface area contributed by atoms with Crippen molar-refractivity contribution in [3.8, 4) is 0 Å². The number of hydrogen-bond acceptors (Lipinski definition) is 3. The molecule has 0 aliphatic carbocycles. The van der Waals surface area contributed by atoms with Crippen molar-refractivity contribution >= 4 is 74.3 Å². The van der Waals surface area contributed by atoms with Crippen molar-refractivity contribution < 1.29 is 4.79 Å². The molecule has 0 aliphatic rings. The Balaban J connectivity index is 2.13. The van der Waals surface area contributed by atoms with E-state index in [1.54, 1.807) is 12.1 Å². The summed E-state index contributed by atoms with van der Waals surface area (Å²) in [5.41, 5.74) is 0. The van der Waals surface area contributed by atoms with Gasteiger partial charge in [0.05, 0.1) is 19.9 Å². The predicted octanol–water partition coefficient (Wildman–Crippen LogP) is 6.83. The predicted molar refractivity (Wildman–Crippen MR) is 92.8 cm³/mol. The van der Waals surface area contributed by atoms with Crippen LogP contribution in [-0.2, 0) is 0 Å². The molecular formula is C15H7Cl3OS2. The van der Waals surface area contributed by atoms with E-state index < -0.39 is 0 Å². The molecule has 106 valence electrons. The van der Waals surface area contributed by atoms with E-state index in [9.17, 15) is 4.79 Å². The van der Waals surface area contributed by atoms with E-state index in [2.05, 4.69) is 0 Å². The first-order valence-corrected chi connectivity index (χ1v) is 8.66. The summed E-state index contributed by atoms with van der Waals surface area (Å²) in [6.07, 6.45) is 0.873. The molecule has 0 atom stereocenters. The Kier molecular flexibility index (Phi) is 4.48. The average Bonchev–Trinajstić information content (AvgIpc) is 2.83. The third-order valence-electron chi connectivity index (χ3n) is 2.87. The highest BCUT2D eigenvalue weighted by molar-refractivity contribution is 8.00. The molecule has 0 aliphatic heterocycles. The van der Waals surface area contributed by atoms with Crippen molar-refractivity contribution in [2.45, 2.75) is 9.79 Å². The first-order chi connectivity index (χ1) is 10.1. The molecule has 0 saturated heterocycles. The summed E-state index contributed by atoms with van der Waals surface area (Å²) in [5.74, 6) is 0. The zero-order valence-electron chi connectivity index (χ0n) is 10.4. The van der Waals surface area contributed by atoms with Crippen LogP contribution in [0.25, 0.3) is 10.1 Å². The molecule has 3 rings (SSSR count). The van der Waals surface area contributed by atoms with Gasteiger partial charge >= 0.3 is 0 Å². The Labute approximate surface area is 144 Å². The van der Waals surface area contributed by atoms with E-state index in [-0.39, 0.29) is 0 Å². The van der Waals surface area contributed by atoms with Gasteiger partial charge in [-0.25, -0.2) is 0 Å². The molecule has 2 aromatic carbocycles. The third-order valence-corrected chi connectivity index (χ3v) is 6.44. The smallest absolute Gasteiger partial charge is 0.161 e. The van der Waals surface area contributed by atoms with Crippen LogP contribution in [0.1, 0.15) is 9.67 Å². The first-order valence-electron chi connectivity index (χ1n) is 5.89. The second kappa shape index (κ2) is 6.19. The molecule has 1 aromatic heterocycles. The topological polar surface area (TPSA) is 17.1 Å². The SMILES string of the molecule is O=Cc1sc2ccccc2c1Sc1cc(Cl)c(Cl)cc1Cl. The third kappa shape index (κ3) is 2.94. The highest BCUT2D eigenvalue weighted by Crippen LogP contribution is 2.44. The second-order valence-electron chi connectivity index (χ2n) is 4.21. The quantitative estimate of drug-likeness (QED) is 0.370. The molecule has 0 fully saturated rings. The number of benzene rings is 2. The lowest BCUT2D eigenvalue weighted by Gasteiger charge is -2.06. The van der Waals surface area contributed by atoms with Crippen molar-refractivity contribution in [1.29, 1.82) is 0 Å². The van der Waals surface area contributed by atoms with Crippen LogP contribution < -0.4 is 0 Å². The van der Waals surface area contributed by atoms with Crippen LogP contribution in [0.5, 0.6) is 0 Å². The number of fused-ring (bicyclic) bond motifs is 1. The van der Waals surface area contributed by atoms with Crippen LogP contribution in [-0.4, -0.2) is 6.29 Å². The van der Waals surface area contributed by atoms with Gasteiger partial charge in [0.1, 0.15) is 0 Å². The Morgan fingerprint density at radius 3 is 2.48 bits per heavy atom. The van der Waals surface area contributed by atoms with E-state index in [4.69, 9.17) is 34.8 Å². The number of aldehydes is 1. The lowest BCUT2D eigenvalue weighted by molar-refractivity contribution is 0.112. The number of thiophene rings is 1. The summed E-state index contributed by atoms with van der Waals surface area (Å²) >= 11 is 21.1. The van der Waals surface area contributed by atoms with Gasteiger partial charge in [-0.3, -0.25) is 4.79 Å². The highest BCUT2D eigenvalue weighted by Gasteiger charge is 2.15. The number of carbonyl (C=O) groups excluding carboxylic acids is 1. The molecule has 0 spiro atoms. The standard InChI is InChI=1S/C15H7Cl3OS2/c16-9-5-11(18)13(6-10(9)17)21-15-8-3-1-2-4-12(8)20-14(15)7-19/h1-7H. The fourth-order valence-corrected chi connectivity index (χ4v) is 4.86. The van der Waals surface area contributed by atoms with E-state index in [0.29, 0.717) is 19.9 Å². The summed E-state index contributed by atoms with van der Waals surface area (Å²) in [4.78, 5) is 13.7. The van der Waals surface area contributed by atoms with E-state index in [1.165, 1.54) is 23.1 Å². The van der Waals surface area contributed by atoms with Gasteiger partial charge in [0.2, 0.25) is 0 Å². The van der Waals surface area contributed by atoms with Crippen molar-refractivity contribution in [2.75, 3.05) is 0 Å². The fraction of sp³-hybridized carbons (Fsp3) is 0. The van der Waals surface area contributed by atoms with Crippen LogP contribution in [0.15, 0.2) is 46.2 Å². The van der Waals surface area contributed by atoms with E-state index >= 15 is 0 Å². The average molecular weight is 374 g/mol. The molecule has 21 heavy (non-hydrogen) atoms. The van der Waals surface area contributed by atoms with E-state index in [0.717, 1.165) is 26.2 Å². The van der Waals surface area contributed by atoms with Crippen molar-refractivity contribution in [3.05, 3.63) is 56.3 Å². The van der Waals surface area contributed by atoms with Gasteiger partial charge in [-0.05, 0) is 18.2 Å². The molecule has 3 aromatic rings. The van der Waals surface area contributed by atoms with E-state index in [1.807, 2.05) is 24.3 Å². The Morgan fingerprint density at radius 2 is 1.71 bits per heavy atom. The van der Waals surface area contributed by atoms with Gasteiger partial charge < -0.3 is 0 Å². The minimum Gasteiger partial charge on any atom is -0.297 e. The van der Waals surface area contributed by atoms with Crippen LogP contribution in [0.4, 0.5) is 0 Å². The Hall–Kier alpha value is -0.710. The summed E-state index contributed by atoms with van der Waals surface area (Å²) in [7, 11) is 0. The lowest BCUT2D eigenvalue weighted by Crippen LogP contribution is -1.81. The van der Waals surface area contributed by atoms with Gasteiger partial charge in [-0.1, -0.05) is 64.8 Å². The minimum absolute atomic E-state index is 0.414. The molecule has 1 nitrogen and oxygen atoms in total. The van der Waals surface area contributed by atoms with Gasteiger partial charge in [0.15, 0.2) is 6.29 Å². The van der Waals surface area contributed by atoms with Crippen LogP contribution in [0, 0.1) is 0 Å². The van der Waals surface area contributed by atoms with Crippen LogP contribution in [0.3, 0.4) is 0 Å². The molecule has 0 unspecified atom stereocenters. The maximum atomic E-state index is 11.3. The Bertz CT molecular complexity index is 842. The van der Waals surface area contributed by atoms with Crippen molar-refractivity contribution in [2.24, 2.45) is 0 Å². The molecular weight excluding hydrogens is 367 g/mol. The van der Waals surface area contributed by atoms with Crippen molar-refractivity contribution in [3.63, 3.8) is 0 Å². The zero-order valence-corrected chi connectivity index (χ0v) is 14.3. The number of carbonyl (C=O) groups is 1. The monoisotopic (exact) mass is 372 g/mol. The maximum absolute atomic E-state index is 11.3. The molecule has 0 radical (unpaired) electrons. The fourth-order valence-electron chi connectivity index (χ4n) is 1.92. The molecule has 6 heteroatoms. The normalized spacial score (nSPS) is 11.0. The number of rotatable bonds is 3. The molecule has 0 bridgehead atoms. The van der Waals surface area contributed by atoms with Crippen molar-refractivity contribution in [1.82, 2.24) is 0 Å². The number of halogens is 3. The first kappa shape index (κ1) is 15.2. The molecule has 0 amide bonds. The summed E-state index contributed by atoms with van der Waals surface area (Å²) < 4.78 is 1.07. The number of hydrogen-bond donors (Lipinski definition) is 0. The minimum atomic E-state index is 0.414. The second-order valence-corrected chi connectivity index (χ2v) is 7.57. The van der Waals surface area contributed by atoms with Gasteiger partial charge in [0.25, 0.3) is 0 Å². The summed E-state index contributed by atoms with van der Waals surface area (Å²) in [6.45, 7) is 0. The van der Waals surface area contributed by atoms with Gasteiger partial charge in [0, 0.05) is 19.9 Å².